The van der Waals surface area contributed by atoms with E-state index in [2.05, 4.69) is 5.32 Å². The predicted octanol–water partition coefficient (Wildman–Crippen LogP) is 0.688. The molecule has 0 aliphatic carbocycles. The van der Waals surface area contributed by atoms with Crippen LogP contribution in [-0.2, 0) is 14.6 Å². The molecule has 24 heavy (non-hydrogen) atoms. The molecule has 0 radical (unpaired) electrons. The minimum Gasteiger partial charge on any atom is -0.493 e. The standard InChI is InChI=1S/C16H24N2O5S/c1-18(12-6-8-17-11-12)16(19)7-9-24(20,21)13-4-5-14(22-2)15(10-13)23-3/h4-5,10,12,17H,6-9,11H2,1-3H3/t12-/m1/s1. The number of likely N-dealkylation sites (N-methyl/N-ethyl adjacent to an activating group) is 1. The molecular weight excluding hydrogens is 332 g/mol. The van der Waals surface area contributed by atoms with Gasteiger partial charge in [-0.05, 0) is 25.1 Å². The van der Waals surface area contributed by atoms with Gasteiger partial charge in [-0.1, -0.05) is 0 Å². The number of rotatable bonds is 7. The van der Waals surface area contributed by atoms with E-state index in [0.717, 1.165) is 19.5 Å². The fourth-order valence-electron chi connectivity index (χ4n) is 2.70. The van der Waals surface area contributed by atoms with E-state index in [0.29, 0.717) is 11.5 Å². The van der Waals surface area contributed by atoms with Crippen LogP contribution in [0.2, 0.25) is 0 Å². The van der Waals surface area contributed by atoms with E-state index >= 15 is 0 Å². The SMILES string of the molecule is COc1ccc(S(=O)(=O)CCC(=O)N(C)[C@@H]2CCNC2)cc1OC. The maximum absolute atomic E-state index is 12.5. The topological polar surface area (TPSA) is 84.9 Å². The number of benzene rings is 1. The van der Waals surface area contributed by atoms with E-state index in [4.69, 9.17) is 9.47 Å². The Morgan fingerprint density at radius 3 is 2.58 bits per heavy atom. The van der Waals surface area contributed by atoms with Gasteiger partial charge in [0.25, 0.3) is 0 Å². The highest BCUT2D eigenvalue weighted by Gasteiger charge is 2.25. The van der Waals surface area contributed by atoms with Gasteiger partial charge in [-0.3, -0.25) is 4.79 Å². The molecule has 0 unspecified atom stereocenters. The number of sulfone groups is 1. The highest BCUT2D eigenvalue weighted by Crippen LogP contribution is 2.30. The van der Waals surface area contributed by atoms with Crippen LogP contribution in [0.5, 0.6) is 11.5 Å². The van der Waals surface area contributed by atoms with Crippen LogP contribution in [0.1, 0.15) is 12.8 Å². The fourth-order valence-corrected chi connectivity index (χ4v) is 3.94. The first-order valence-corrected chi connectivity index (χ1v) is 9.45. The second-order valence-corrected chi connectivity index (χ2v) is 7.85. The number of amides is 1. The fraction of sp³-hybridized carbons (Fsp3) is 0.562. The van der Waals surface area contributed by atoms with Crippen molar-refractivity contribution < 1.29 is 22.7 Å². The van der Waals surface area contributed by atoms with Crippen LogP contribution in [0.3, 0.4) is 0 Å². The van der Waals surface area contributed by atoms with Gasteiger partial charge in [0.2, 0.25) is 5.91 Å². The molecule has 134 valence electrons. The van der Waals surface area contributed by atoms with Crippen LogP contribution >= 0.6 is 0 Å². The van der Waals surface area contributed by atoms with Crippen molar-refractivity contribution in [3.8, 4) is 11.5 Å². The first-order chi connectivity index (χ1) is 11.4. The lowest BCUT2D eigenvalue weighted by Gasteiger charge is -2.23. The number of methoxy groups -OCH3 is 2. The molecule has 1 fully saturated rings. The van der Waals surface area contributed by atoms with Crippen molar-refractivity contribution in [3.63, 3.8) is 0 Å². The summed E-state index contributed by atoms with van der Waals surface area (Å²) >= 11 is 0. The summed E-state index contributed by atoms with van der Waals surface area (Å²) in [6.45, 7) is 1.64. The van der Waals surface area contributed by atoms with Crippen LogP contribution < -0.4 is 14.8 Å². The Morgan fingerprint density at radius 1 is 1.29 bits per heavy atom. The smallest absolute Gasteiger partial charge is 0.223 e. The first-order valence-electron chi connectivity index (χ1n) is 7.80. The van der Waals surface area contributed by atoms with Crippen LogP contribution in [0.15, 0.2) is 23.1 Å². The number of nitrogens with zero attached hydrogens (tertiary/aromatic N) is 1. The number of hydrogen-bond acceptors (Lipinski definition) is 6. The number of nitrogens with one attached hydrogen (secondary N) is 1. The minimum atomic E-state index is -3.57. The van der Waals surface area contributed by atoms with E-state index in [1.54, 1.807) is 18.0 Å². The maximum Gasteiger partial charge on any atom is 0.223 e. The van der Waals surface area contributed by atoms with E-state index in [1.807, 2.05) is 0 Å². The molecule has 1 amide bonds. The lowest BCUT2D eigenvalue weighted by atomic mass is 10.2. The summed E-state index contributed by atoms with van der Waals surface area (Å²) in [4.78, 5) is 14.0. The van der Waals surface area contributed by atoms with Gasteiger partial charge in [0.05, 0.1) is 24.9 Å². The van der Waals surface area contributed by atoms with Crippen molar-refractivity contribution in [1.82, 2.24) is 10.2 Å². The third-order valence-corrected chi connectivity index (χ3v) is 5.99. The molecule has 1 atom stereocenters. The highest BCUT2D eigenvalue weighted by atomic mass is 32.2. The van der Waals surface area contributed by atoms with Gasteiger partial charge >= 0.3 is 0 Å². The first kappa shape index (κ1) is 18.5. The highest BCUT2D eigenvalue weighted by molar-refractivity contribution is 7.91. The predicted molar refractivity (Wildman–Crippen MR) is 90.3 cm³/mol. The zero-order valence-corrected chi connectivity index (χ0v) is 15.1. The van der Waals surface area contributed by atoms with Crippen molar-refractivity contribution in [2.45, 2.75) is 23.8 Å². The quantitative estimate of drug-likeness (QED) is 0.774. The third kappa shape index (κ3) is 4.18. The molecule has 8 heteroatoms. The van der Waals surface area contributed by atoms with E-state index in [1.165, 1.54) is 26.4 Å². The molecule has 0 bridgehead atoms. The molecule has 7 nitrogen and oxygen atoms in total. The summed E-state index contributed by atoms with van der Waals surface area (Å²) in [5.41, 5.74) is 0. The molecule has 2 rings (SSSR count). The van der Waals surface area contributed by atoms with Crippen LogP contribution in [0.4, 0.5) is 0 Å². The molecular formula is C16H24N2O5S. The summed E-state index contributed by atoms with van der Waals surface area (Å²) in [6, 6.07) is 4.57. The Hall–Kier alpha value is -1.80. The summed E-state index contributed by atoms with van der Waals surface area (Å²) in [6.07, 6.45) is 0.856. The molecule has 0 spiro atoms. The largest absolute Gasteiger partial charge is 0.493 e. The monoisotopic (exact) mass is 356 g/mol. The van der Waals surface area contributed by atoms with Gasteiger partial charge in [-0.25, -0.2) is 8.42 Å². The molecule has 1 saturated heterocycles. The summed E-state index contributed by atoms with van der Waals surface area (Å²) in [7, 11) is 1.09. The number of carbonyl (C=O) groups is 1. The van der Waals surface area contributed by atoms with E-state index < -0.39 is 9.84 Å². The number of hydrogen-bond donors (Lipinski definition) is 1. The Bertz CT molecular complexity index is 684. The molecule has 1 heterocycles. The molecule has 1 aromatic carbocycles. The Balaban J connectivity index is 2.04. The Labute approximate surface area is 142 Å². The maximum atomic E-state index is 12.5. The second kappa shape index (κ2) is 7.85. The molecule has 0 aromatic heterocycles. The third-order valence-electron chi connectivity index (χ3n) is 4.27. The van der Waals surface area contributed by atoms with Crippen LogP contribution in [-0.4, -0.2) is 65.4 Å². The molecule has 1 aliphatic rings. The van der Waals surface area contributed by atoms with Crippen molar-refractivity contribution in [1.29, 1.82) is 0 Å². The molecule has 1 aliphatic heterocycles. The van der Waals surface area contributed by atoms with Crippen LogP contribution in [0.25, 0.3) is 0 Å². The average Bonchev–Trinajstić information content (AvgIpc) is 3.12. The van der Waals surface area contributed by atoms with Gasteiger partial charge in [0, 0.05) is 32.1 Å². The van der Waals surface area contributed by atoms with E-state index in [9.17, 15) is 13.2 Å². The summed E-state index contributed by atoms with van der Waals surface area (Å²) < 4.78 is 35.2. The Morgan fingerprint density at radius 2 is 2.00 bits per heavy atom. The van der Waals surface area contributed by atoms with Gasteiger partial charge in [0.15, 0.2) is 21.3 Å². The zero-order valence-electron chi connectivity index (χ0n) is 14.2. The lowest BCUT2D eigenvalue weighted by Crippen LogP contribution is -2.39. The van der Waals surface area contributed by atoms with Crippen molar-refractivity contribution in [3.05, 3.63) is 18.2 Å². The number of ether oxygens (including phenoxy) is 2. The summed E-state index contributed by atoms with van der Waals surface area (Å²) in [5, 5.41) is 3.19. The summed E-state index contributed by atoms with van der Waals surface area (Å²) in [5.74, 6) is 0.416. The van der Waals surface area contributed by atoms with Gasteiger partial charge in [-0.15, -0.1) is 0 Å². The minimum absolute atomic E-state index is 0.0380. The normalized spacial score (nSPS) is 17.5. The average molecular weight is 356 g/mol. The molecule has 0 saturated carbocycles. The molecule has 1 aromatic rings. The van der Waals surface area contributed by atoms with Crippen molar-refractivity contribution >= 4 is 15.7 Å². The van der Waals surface area contributed by atoms with E-state index in [-0.39, 0.29) is 29.0 Å². The van der Waals surface area contributed by atoms with Gasteiger partial charge < -0.3 is 19.7 Å². The van der Waals surface area contributed by atoms with Crippen molar-refractivity contribution in [2.75, 3.05) is 40.1 Å². The Kier molecular flexibility index (Phi) is 6.06. The zero-order chi connectivity index (χ0) is 17.7. The molecule has 1 N–H and O–H groups in total. The number of carbonyl (C=O) groups excluding carboxylic acids is 1. The van der Waals surface area contributed by atoms with Gasteiger partial charge in [0.1, 0.15) is 0 Å². The second-order valence-electron chi connectivity index (χ2n) is 5.74. The lowest BCUT2D eigenvalue weighted by molar-refractivity contribution is -0.131. The van der Waals surface area contributed by atoms with Gasteiger partial charge in [-0.2, -0.15) is 0 Å². The van der Waals surface area contributed by atoms with Crippen LogP contribution in [0, 0.1) is 0 Å². The van der Waals surface area contributed by atoms with Crippen molar-refractivity contribution in [2.24, 2.45) is 0 Å².